The summed E-state index contributed by atoms with van der Waals surface area (Å²) >= 11 is 0. The highest BCUT2D eigenvalue weighted by molar-refractivity contribution is 7.91. The van der Waals surface area contributed by atoms with Crippen LogP contribution in [0.25, 0.3) is 0 Å². The topological polar surface area (TPSA) is 66.5 Å². The smallest absolute Gasteiger partial charge is 0.223 e. The number of nitrogens with zero attached hydrogens (tertiary/aromatic N) is 1. The van der Waals surface area contributed by atoms with E-state index < -0.39 is 9.84 Å². The lowest BCUT2D eigenvalue weighted by Gasteiger charge is -2.29. The summed E-state index contributed by atoms with van der Waals surface area (Å²) in [7, 11) is -1.20. The molecule has 1 fully saturated rings. The Labute approximate surface area is 110 Å². The van der Waals surface area contributed by atoms with Crippen LogP contribution in [0.4, 0.5) is 0 Å². The van der Waals surface area contributed by atoms with Gasteiger partial charge in [-0.3, -0.25) is 4.79 Å². The number of hydrogen-bond donors (Lipinski definition) is 1. The molecule has 1 heterocycles. The largest absolute Gasteiger partial charge is 0.345 e. The Balaban J connectivity index is 2.49. The quantitative estimate of drug-likeness (QED) is 0.803. The predicted molar refractivity (Wildman–Crippen MR) is 72.2 cm³/mol. The van der Waals surface area contributed by atoms with Crippen molar-refractivity contribution < 1.29 is 13.2 Å². The summed E-state index contributed by atoms with van der Waals surface area (Å²) in [6.07, 6.45) is 0.256. The average Bonchev–Trinajstić information content (AvgIpc) is 2.12. The van der Waals surface area contributed by atoms with Gasteiger partial charge in [-0.2, -0.15) is 0 Å². The minimum atomic E-state index is -2.97. The molecule has 1 aliphatic rings. The minimum absolute atomic E-state index is 0.000440. The van der Waals surface area contributed by atoms with E-state index in [0.717, 1.165) is 0 Å². The van der Waals surface area contributed by atoms with Crippen molar-refractivity contribution in [2.24, 2.45) is 5.41 Å². The second kappa shape index (κ2) is 5.57. The third kappa shape index (κ3) is 5.35. The molecule has 1 amide bonds. The molecule has 1 N–H and O–H groups in total. The molecule has 0 spiro atoms. The predicted octanol–water partition coefficient (Wildman–Crippen LogP) is 0.268. The first-order valence-electron chi connectivity index (χ1n) is 6.27. The zero-order chi connectivity index (χ0) is 14.0. The van der Waals surface area contributed by atoms with E-state index in [9.17, 15) is 13.2 Å². The van der Waals surface area contributed by atoms with E-state index >= 15 is 0 Å². The van der Waals surface area contributed by atoms with Crippen LogP contribution in [0.15, 0.2) is 0 Å². The van der Waals surface area contributed by atoms with Crippen LogP contribution in [-0.4, -0.2) is 56.9 Å². The maximum atomic E-state index is 12.0. The van der Waals surface area contributed by atoms with Crippen molar-refractivity contribution in [2.75, 3.05) is 31.6 Å². The first-order valence-corrected chi connectivity index (χ1v) is 8.09. The highest BCUT2D eigenvalue weighted by Gasteiger charge is 2.27. The van der Waals surface area contributed by atoms with Gasteiger partial charge in [-0.15, -0.1) is 0 Å². The van der Waals surface area contributed by atoms with Crippen LogP contribution in [-0.2, 0) is 14.6 Å². The van der Waals surface area contributed by atoms with E-state index in [4.69, 9.17) is 0 Å². The first-order chi connectivity index (χ1) is 8.09. The summed E-state index contributed by atoms with van der Waals surface area (Å²) in [4.78, 5) is 13.7. The average molecular weight is 276 g/mol. The van der Waals surface area contributed by atoms with Crippen molar-refractivity contribution in [3.05, 3.63) is 0 Å². The molecule has 0 aliphatic carbocycles. The third-order valence-corrected chi connectivity index (χ3v) is 4.60. The molecule has 5 nitrogen and oxygen atoms in total. The lowest BCUT2D eigenvalue weighted by atomic mass is 9.96. The highest BCUT2D eigenvalue weighted by Crippen LogP contribution is 2.15. The summed E-state index contributed by atoms with van der Waals surface area (Å²) in [6.45, 7) is 7.33. The minimum Gasteiger partial charge on any atom is -0.345 e. The van der Waals surface area contributed by atoms with Crippen molar-refractivity contribution in [3.63, 3.8) is 0 Å². The monoisotopic (exact) mass is 276 g/mol. The number of nitrogens with one attached hydrogen (secondary N) is 1. The second-order valence-electron chi connectivity index (χ2n) is 6.28. The maximum absolute atomic E-state index is 12.0. The lowest BCUT2D eigenvalue weighted by molar-refractivity contribution is -0.131. The molecule has 106 valence electrons. The van der Waals surface area contributed by atoms with Gasteiger partial charge in [0.2, 0.25) is 5.91 Å². The van der Waals surface area contributed by atoms with Crippen LogP contribution in [0.5, 0.6) is 0 Å². The number of rotatable bonds is 3. The van der Waals surface area contributed by atoms with E-state index in [1.165, 1.54) is 0 Å². The Bertz CT molecular complexity index is 398. The molecule has 0 saturated carbocycles. The van der Waals surface area contributed by atoms with E-state index in [1.54, 1.807) is 11.9 Å². The fourth-order valence-electron chi connectivity index (χ4n) is 2.16. The van der Waals surface area contributed by atoms with Crippen molar-refractivity contribution in [2.45, 2.75) is 33.2 Å². The second-order valence-corrected chi connectivity index (χ2v) is 8.51. The van der Waals surface area contributed by atoms with Gasteiger partial charge in [0.25, 0.3) is 0 Å². The van der Waals surface area contributed by atoms with Crippen LogP contribution in [0.3, 0.4) is 0 Å². The van der Waals surface area contributed by atoms with Gasteiger partial charge in [0.1, 0.15) is 0 Å². The molecule has 1 unspecified atom stereocenters. The fraction of sp³-hybridized carbons (Fsp3) is 0.917. The molecule has 0 aromatic heterocycles. The van der Waals surface area contributed by atoms with Crippen LogP contribution in [0.2, 0.25) is 0 Å². The summed E-state index contributed by atoms with van der Waals surface area (Å²) in [5.41, 5.74) is 0.0521. The van der Waals surface area contributed by atoms with Crippen LogP contribution in [0, 0.1) is 5.41 Å². The van der Waals surface area contributed by atoms with E-state index in [1.807, 2.05) is 0 Å². The number of carbonyl (C=O) groups excluding carboxylic acids is 1. The molecule has 6 heteroatoms. The van der Waals surface area contributed by atoms with Gasteiger partial charge in [-0.25, -0.2) is 8.42 Å². The standard InChI is InChI=1S/C12H24N2O3S/c1-12(2,3)9-14(4)11(15)7-10-8-18(16,17)6-5-13-10/h10,13H,5-9H2,1-4H3. The molecule has 1 saturated heterocycles. The molecule has 0 bridgehead atoms. The molecular formula is C12H24N2O3S. The summed E-state index contributed by atoms with van der Waals surface area (Å²) in [6, 6.07) is -0.237. The number of sulfone groups is 1. The third-order valence-electron chi connectivity index (χ3n) is 2.86. The molecule has 1 rings (SSSR count). The van der Waals surface area contributed by atoms with Gasteiger partial charge >= 0.3 is 0 Å². The van der Waals surface area contributed by atoms with Crippen molar-refractivity contribution in [1.82, 2.24) is 10.2 Å². The summed E-state index contributed by atoms with van der Waals surface area (Å²) in [5.74, 6) is 0.247. The maximum Gasteiger partial charge on any atom is 0.223 e. The molecule has 1 aliphatic heterocycles. The Morgan fingerprint density at radius 3 is 2.50 bits per heavy atom. The Kier molecular flexibility index (Phi) is 4.78. The highest BCUT2D eigenvalue weighted by atomic mass is 32.2. The number of amides is 1. The van der Waals surface area contributed by atoms with E-state index in [0.29, 0.717) is 13.1 Å². The van der Waals surface area contributed by atoms with Crippen LogP contribution < -0.4 is 5.32 Å². The van der Waals surface area contributed by atoms with Crippen LogP contribution in [0.1, 0.15) is 27.2 Å². The lowest BCUT2D eigenvalue weighted by Crippen LogP contribution is -2.48. The summed E-state index contributed by atoms with van der Waals surface area (Å²) in [5, 5.41) is 3.10. The molecule has 0 aromatic rings. The van der Waals surface area contributed by atoms with Crippen molar-refractivity contribution >= 4 is 15.7 Å². The SMILES string of the molecule is CN(CC(C)(C)C)C(=O)CC1CS(=O)(=O)CCN1. The Hall–Kier alpha value is -0.620. The van der Waals surface area contributed by atoms with Gasteiger partial charge in [0.15, 0.2) is 9.84 Å². The zero-order valence-electron chi connectivity index (χ0n) is 11.7. The van der Waals surface area contributed by atoms with E-state index in [2.05, 4.69) is 26.1 Å². The normalized spacial score (nSPS) is 23.7. The van der Waals surface area contributed by atoms with Gasteiger partial charge in [0.05, 0.1) is 11.5 Å². The fourth-order valence-corrected chi connectivity index (χ4v) is 3.61. The number of carbonyl (C=O) groups is 1. The molecule has 1 atom stereocenters. The van der Waals surface area contributed by atoms with Crippen LogP contribution >= 0.6 is 0 Å². The molecule has 0 aromatic carbocycles. The van der Waals surface area contributed by atoms with Crippen molar-refractivity contribution in [1.29, 1.82) is 0 Å². The van der Waals surface area contributed by atoms with Gasteiger partial charge in [-0.05, 0) is 5.41 Å². The van der Waals surface area contributed by atoms with Gasteiger partial charge in [0, 0.05) is 32.6 Å². The van der Waals surface area contributed by atoms with Crippen molar-refractivity contribution in [3.8, 4) is 0 Å². The molecule has 18 heavy (non-hydrogen) atoms. The first kappa shape index (κ1) is 15.4. The van der Waals surface area contributed by atoms with Gasteiger partial charge < -0.3 is 10.2 Å². The zero-order valence-corrected chi connectivity index (χ0v) is 12.5. The number of hydrogen-bond acceptors (Lipinski definition) is 4. The molecule has 0 radical (unpaired) electrons. The summed E-state index contributed by atoms with van der Waals surface area (Å²) < 4.78 is 23.0. The Morgan fingerprint density at radius 2 is 2.00 bits per heavy atom. The van der Waals surface area contributed by atoms with E-state index in [-0.39, 0.29) is 35.3 Å². The Morgan fingerprint density at radius 1 is 1.39 bits per heavy atom. The van der Waals surface area contributed by atoms with Gasteiger partial charge in [-0.1, -0.05) is 20.8 Å². The molecular weight excluding hydrogens is 252 g/mol.